The Morgan fingerprint density at radius 3 is 0.739 bits per heavy atom. The van der Waals surface area contributed by atoms with Gasteiger partial charge in [-0.15, -0.1) is 0 Å². The van der Waals surface area contributed by atoms with E-state index in [4.69, 9.17) is 37.0 Å². The average molecular weight is 1350 g/mol. The van der Waals surface area contributed by atoms with E-state index in [1.54, 1.807) is 0 Å². The van der Waals surface area contributed by atoms with E-state index in [0.717, 1.165) is 96.3 Å². The summed E-state index contributed by atoms with van der Waals surface area (Å²) < 4.78 is 68.3. The van der Waals surface area contributed by atoms with E-state index < -0.39 is 97.5 Å². The molecule has 0 bridgehead atoms. The van der Waals surface area contributed by atoms with Gasteiger partial charge in [0.05, 0.1) is 26.4 Å². The summed E-state index contributed by atoms with van der Waals surface area (Å²) in [5.74, 6) is -1.44. The summed E-state index contributed by atoms with van der Waals surface area (Å²) >= 11 is 0. The molecule has 3 N–H and O–H groups in total. The molecule has 0 spiro atoms. The number of carbonyl (C=O) groups excluding carboxylic acids is 4. The number of carbonyl (C=O) groups is 4. The molecular weight excluding hydrogens is 1210 g/mol. The molecule has 546 valence electrons. The van der Waals surface area contributed by atoms with E-state index in [2.05, 4.69) is 34.6 Å². The van der Waals surface area contributed by atoms with Gasteiger partial charge in [0.25, 0.3) is 0 Å². The molecule has 0 fully saturated rings. The Morgan fingerprint density at radius 2 is 0.500 bits per heavy atom. The lowest BCUT2D eigenvalue weighted by molar-refractivity contribution is -0.161. The van der Waals surface area contributed by atoms with Gasteiger partial charge in [0.15, 0.2) is 12.2 Å². The zero-order valence-electron chi connectivity index (χ0n) is 59.7. The molecule has 0 heterocycles. The maximum absolute atomic E-state index is 13.1. The second-order valence-electron chi connectivity index (χ2n) is 26.8. The molecule has 0 aromatic rings. The van der Waals surface area contributed by atoms with Crippen LogP contribution >= 0.6 is 15.6 Å². The Kier molecular flexibility index (Phi) is 64.9. The highest BCUT2D eigenvalue weighted by molar-refractivity contribution is 7.47. The van der Waals surface area contributed by atoms with Crippen LogP contribution in [-0.2, 0) is 65.4 Å². The molecule has 0 aromatic carbocycles. The molecule has 5 atom stereocenters. The quantitative estimate of drug-likeness (QED) is 0.0222. The first-order valence-electron chi connectivity index (χ1n) is 38.1. The van der Waals surface area contributed by atoms with Crippen LogP contribution in [0.25, 0.3) is 0 Å². The van der Waals surface area contributed by atoms with Gasteiger partial charge in [-0.2, -0.15) is 0 Å². The van der Waals surface area contributed by atoms with Gasteiger partial charge in [0.2, 0.25) is 0 Å². The van der Waals surface area contributed by atoms with Gasteiger partial charge < -0.3 is 33.8 Å². The minimum Gasteiger partial charge on any atom is -0.462 e. The van der Waals surface area contributed by atoms with Gasteiger partial charge in [0, 0.05) is 25.7 Å². The van der Waals surface area contributed by atoms with Crippen LogP contribution in [0.4, 0.5) is 0 Å². The van der Waals surface area contributed by atoms with Gasteiger partial charge in [-0.25, -0.2) is 9.13 Å². The Balaban J connectivity index is 5.21. The van der Waals surface area contributed by atoms with Crippen LogP contribution in [0.1, 0.15) is 381 Å². The van der Waals surface area contributed by atoms with Crippen molar-refractivity contribution in [2.45, 2.75) is 400 Å². The van der Waals surface area contributed by atoms with Crippen molar-refractivity contribution in [2.75, 3.05) is 39.6 Å². The van der Waals surface area contributed by atoms with Crippen LogP contribution < -0.4 is 0 Å². The van der Waals surface area contributed by atoms with Gasteiger partial charge in [0.1, 0.15) is 19.3 Å². The van der Waals surface area contributed by atoms with Crippen molar-refractivity contribution in [2.24, 2.45) is 5.92 Å². The van der Waals surface area contributed by atoms with Crippen molar-refractivity contribution < 1.29 is 80.2 Å². The third-order valence-electron chi connectivity index (χ3n) is 17.0. The van der Waals surface area contributed by atoms with Gasteiger partial charge >= 0.3 is 39.5 Å². The Bertz CT molecular complexity index is 1770. The Hall–Kier alpha value is -1.94. The smallest absolute Gasteiger partial charge is 0.462 e. The Morgan fingerprint density at radius 1 is 0.293 bits per heavy atom. The lowest BCUT2D eigenvalue weighted by Crippen LogP contribution is -2.30. The molecule has 0 aliphatic carbocycles. The van der Waals surface area contributed by atoms with Crippen molar-refractivity contribution in [1.29, 1.82) is 0 Å². The normalized spacial score (nSPS) is 14.0. The average Bonchev–Trinajstić information content (AvgIpc) is 1.52. The molecule has 0 rings (SSSR count). The summed E-state index contributed by atoms with van der Waals surface area (Å²) in [5, 5.41) is 10.6. The highest BCUT2D eigenvalue weighted by atomic mass is 31.2. The van der Waals surface area contributed by atoms with Crippen LogP contribution in [0.5, 0.6) is 0 Å². The summed E-state index contributed by atoms with van der Waals surface area (Å²) in [6, 6.07) is 0. The molecule has 0 saturated heterocycles. The van der Waals surface area contributed by atoms with Crippen molar-refractivity contribution >= 4 is 39.5 Å². The van der Waals surface area contributed by atoms with Crippen LogP contribution in [0, 0.1) is 5.92 Å². The number of aliphatic hydroxyl groups excluding tert-OH is 1. The topological polar surface area (TPSA) is 237 Å². The zero-order chi connectivity index (χ0) is 67.7. The van der Waals surface area contributed by atoms with E-state index in [1.165, 1.54) is 199 Å². The SMILES string of the molecule is CCCCCCCCCCCCCCCCCCCCC(=O)O[C@H](COC(=O)CCCCCCCCCCCCCCCCC)COP(=O)(O)OC[C@@H](O)COP(=O)(O)OC[C@@H](COC(=O)CCCCCCCCC(C)C)OC(=O)CCCCCCCCCCCC. The van der Waals surface area contributed by atoms with E-state index in [-0.39, 0.29) is 25.7 Å². The van der Waals surface area contributed by atoms with Crippen molar-refractivity contribution in [3.63, 3.8) is 0 Å². The van der Waals surface area contributed by atoms with E-state index in [9.17, 15) is 43.2 Å². The molecule has 0 amide bonds. The molecule has 19 heteroatoms. The second-order valence-corrected chi connectivity index (χ2v) is 29.7. The highest BCUT2D eigenvalue weighted by Crippen LogP contribution is 2.45. The first-order chi connectivity index (χ1) is 44.5. The maximum atomic E-state index is 13.1. The monoisotopic (exact) mass is 1350 g/mol. The molecule has 2 unspecified atom stereocenters. The van der Waals surface area contributed by atoms with Gasteiger partial charge in [-0.05, 0) is 31.6 Å². The molecule has 0 aliphatic heterocycles. The maximum Gasteiger partial charge on any atom is 0.472 e. The summed E-state index contributed by atoms with van der Waals surface area (Å²) in [6.45, 7) is 7.18. The third-order valence-corrected chi connectivity index (χ3v) is 18.9. The van der Waals surface area contributed by atoms with Crippen LogP contribution in [-0.4, -0.2) is 96.7 Å². The van der Waals surface area contributed by atoms with Crippen LogP contribution in [0.2, 0.25) is 0 Å². The lowest BCUT2D eigenvalue weighted by atomic mass is 10.0. The second kappa shape index (κ2) is 66.3. The Labute approximate surface area is 562 Å². The third kappa shape index (κ3) is 66.7. The number of phosphoric acid groups is 2. The largest absolute Gasteiger partial charge is 0.472 e. The molecule has 0 aliphatic rings. The fraction of sp³-hybridized carbons (Fsp3) is 0.945. The van der Waals surface area contributed by atoms with E-state index >= 15 is 0 Å². The standard InChI is InChI=1S/C73H142O17P2/c1-6-9-12-15-18-21-24-26-28-29-30-32-34-36-39-42-49-54-59-73(78)89-68(62-83-70(75)56-51-46-40-38-35-33-31-27-25-22-19-16-13-10-7-2)64-87-91(79,80)85-60-67(74)61-86-92(81,82)88-65-69(63-84-71(76)57-52-47-44-43-45-50-55-66(4)5)90-72(77)58-53-48-41-37-23-20-17-14-11-8-3/h66-69,74H,6-65H2,1-5H3,(H,79,80)(H,81,82)/t67-,68-,69-/m1/s1. The van der Waals surface area contributed by atoms with Crippen molar-refractivity contribution in [3.05, 3.63) is 0 Å². The molecule has 0 saturated carbocycles. The first-order valence-corrected chi connectivity index (χ1v) is 41.1. The minimum atomic E-state index is -4.95. The number of phosphoric ester groups is 2. The number of rotatable bonds is 73. The number of esters is 4. The fourth-order valence-electron chi connectivity index (χ4n) is 11.2. The first kappa shape index (κ1) is 90.1. The van der Waals surface area contributed by atoms with E-state index in [1.807, 2.05) is 0 Å². The molecule has 17 nitrogen and oxygen atoms in total. The number of ether oxygens (including phenoxy) is 4. The van der Waals surface area contributed by atoms with Gasteiger partial charge in [-0.3, -0.25) is 37.3 Å². The van der Waals surface area contributed by atoms with Crippen molar-refractivity contribution in [1.82, 2.24) is 0 Å². The predicted molar refractivity (Wildman–Crippen MR) is 372 cm³/mol. The highest BCUT2D eigenvalue weighted by Gasteiger charge is 2.30. The number of unbranched alkanes of at least 4 members (excludes halogenated alkanes) is 45. The molecule has 0 radical (unpaired) electrons. The zero-order valence-corrected chi connectivity index (χ0v) is 61.5. The number of aliphatic hydroxyl groups is 1. The van der Waals surface area contributed by atoms with Crippen LogP contribution in [0.15, 0.2) is 0 Å². The summed E-state index contributed by atoms with van der Waals surface area (Å²) in [7, 11) is -9.90. The predicted octanol–water partition coefficient (Wildman–Crippen LogP) is 21.3. The molecule has 92 heavy (non-hydrogen) atoms. The van der Waals surface area contributed by atoms with Crippen molar-refractivity contribution in [3.8, 4) is 0 Å². The van der Waals surface area contributed by atoms with Crippen LogP contribution in [0.3, 0.4) is 0 Å². The van der Waals surface area contributed by atoms with E-state index in [0.29, 0.717) is 31.6 Å². The molecular formula is C73H142O17P2. The fourth-order valence-corrected chi connectivity index (χ4v) is 12.8. The minimum absolute atomic E-state index is 0.106. The number of hydrogen-bond donors (Lipinski definition) is 3. The van der Waals surface area contributed by atoms with Gasteiger partial charge in [-0.1, -0.05) is 330 Å². The lowest BCUT2D eigenvalue weighted by Gasteiger charge is -2.21. The summed E-state index contributed by atoms with van der Waals surface area (Å²) in [4.78, 5) is 72.6. The summed E-state index contributed by atoms with van der Waals surface area (Å²) in [6.07, 6.45) is 54.3. The molecule has 0 aromatic heterocycles. The summed E-state index contributed by atoms with van der Waals surface area (Å²) in [5.41, 5.74) is 0. The number of hydrogen-bond acceptors (Lipinski definition) is 15.